The van der Waals surface area contributed by atoms with Crippen LogP contribution in [0.5, 0.6) is 0 Å². The van der Waals surface area contributed by atoms with Crippen LogP contribution in [-0.4, -0.2) is 42.0 Å². The average molecular weight is 312 g/mol. The first kappa shape index (κ1) is 14.0. The summed E-state index contributed by atoms with van der Waals surface area (Å²) >= 11 is 3.38. The van der Waals surface area contributed by atoms with Crippen molar-refractivity contribution in [3.63, 3.8) is 0 Å². The number of hydrogen-bond donors (Lipinski definition) is 2. The number of carbonyl (C=O) groups is 1. The molecule has 1 unspecified atom stereocenters. The first-order valence-electron chi connectivity index (χ1n) is 7.11. The van der Waals surface area contributed by atoms with E-state index in [1.165, 1.54) is 36.4 Å². The van der Waals surface area contributed by atoms with Gasteiger partial charge in [-0.1, -0.05) is 11.3 Å². The molecule has 2 saturated heterocycles. The lowest BCUT2D eigenvalue weighted by molar-refractivity contribution is 0.0953. The van der Waals surface area contributed by atoms with Gasteiger partial charge in [0, 0.05) is 19.6 Å². The lowest BCUT2D eigenvalue weighted by Crippen LogP contribution is -2.29. The summed E-state index contributed by atoms with van der Waals surface area (Å²) < 4.78 is 0. The highest BCUT2D eigenvalue weighted by atomic mass is 32.2. The molecule has 7 heteroatoms. The first-order valence-corrected chi connectivity index (χ1v) is 9.08. The van der Waals surface area contributed by atoms with Gasteiger partial charge in [0.1, 0.15) is 10.7 Å². The number of nitrogens with two attached hydrogens (primary N) is 1. The van der Waals surface area contributed by atoms with E-state index in [4.69, 9.17) is 5.73 Å². The highest BCUT2D eigenvalue weighted by Crippen LogP contribution is 2.30. The maximum Gasteiger partial charge on any atom is 0.265 e. The van der Waals surface area contributed by atoms with Crippen LogP contribution in [0.1, 0.15) is 28.9 Å². The standard InChI is InChI=1S/C13H20N4OS2/c14-11-10(12(18)15-7-9-3-6-19-8-9)20-13(16-11)17-4-1-2-5-17/h9H,1-8,14H2,(H,15,18). The minimum absolute atomic E-state index is 0.0673. The van der Waals surface area contributed by atoms with Crippen LogP contribution in [0.4, 0.5) is 10.9 Å². The SMILES string of the molecule is Nc1nc(N2CCCC2)sc1C(=O)NCC1CCSC1. The number of thioether (sulfide) groups is 1. The number of anilines is 2. The van der Waals surface area contributed by atoms with Crippen molar-refractivity contribution in [1.82, 2.24) is 10.3 Å². The van der Waals surface area contributed by atoms with Crippen molar-refractivity contribution in [1.29, 1.82) is 0 Å². The first-order chi connectivity index (χ1) is 9.74. The minimum Gasteiger partial charge on any atom is -0.382 e. The Morgan fingerprint density at radius 2 is 2.25 bits per heavy atom. The molecule has 1 atom stereocenters. The van der Waals surface area contributed by atoms with Gasteiger partial charge in [-0.05, 0) is 36.7 Å². The van der Waals surface area contributed by atoms with Crippen molar-refractivity contribution >= 4 is 40.0 Å². The molecular formula is C13H20N4OS2. The second-order valence-corrected chi connectivity index (χ2v) is 7.47. The van der Waals surface area contributed by atoms with Gasteiger partial charge in [-0.2, -0.15) is 11.8 Å². The number of nitrogens with zero attached hydrogens (tertiary/aromatic N) is 2. The van der Waals surface area contributed by atoms with Gasteiger partial charge in [-0.25, -0.2) is 4.98 Å². The van der Waals surface area contributed by atoms with E-state index in [-0.39, 0.29) is 5.91 Å². The molecule has 3 heterocycles. The van der Waals surface area contributed by atoms with Gasteiger partial charge in [0.25, 0.3) is 5.91 Å². The molecule has 5 nitrogen and oxygen atoms in total. The predicted octanol–water partition coefficient (Wildman–Crippen LogP) is 1.81. The van der Waals surface area contributed by atoms with Crippen LogP contribution in [0, 0.1) is 5.92 Å². The average Bonchev–Trinajstić information content (AvgIpc) is 3.17. The molecule has 3 N–H and O–H groups in total. The van der Waals surface area contributed by atoms with Crippen LogP contribution in [0.15, 0.2) is 0 Å². The molecule has 1 aromatic heterocycles. The fraction of sp³-hybridized carbons (Fsp3) is 0.692. The second-order valence-electron chi connectivity index (χ2n) is 5.34. The smallest absolute Gasteiger partial charge is 0.265 e. The highest BCUT2D eigenvalue weighted by molar-refractivity contribution is 7.99. The van der Waals surface area contributed by atoms with Gasteiger partial charge in [0.2, 0.25) is 0 Å². The van der Waals surface area contributed by atoms with E-state index in [1.807, 2.05) is 11.8 Å². The summed E-state index contributed by atoms with van der Waals surface area (Å²) in [5.41, 5.74) is 5.90. The molecule has 0 aliphatic carbocycles. The van der Waals surface area contributed by atoms with Crippen LogP contribution in [0.25, 0.3) is 0 Å². The molecule has 0 radical (unpaired) electrons. The zero-order chi connectivity index (χ0) is 13.9. The van der Waals surface area contributed by atoms with Crippen LogP contribution in [0.3, 0.4) is 0 Å². The van der Waals surface area contributed by atoms with Gasteiger partial charge in [0.15, 0.2) is 5.13 Å². The summed E-state index contributed by atoms with van der Waals surface area (Å²) in [7, 11) is 0. The van der Waals surface area contributed by atoms with Crippen LogP contribution >= 0.6 is 23.1 Å². The van der Waals surface area contributed by atoms with E-state index in [1.54, 1.807) is 0 Å². The number of thiazole rings is 1. The summed E-state index contributed by atoms with van der Waals surface area (Å²) in [6.07, 6.45) is 3.59. The van der Waals surface area contributed by atoms with E-state index >= 15 is 0 Å². The van der Waals surface area contributed by atoms with E-state index < -0.39 is 0 Å². The summed E-state index contributed by atoms with van der Waals surface area (Å²) in [6.45, 7) is 2.79. The van der Waals surface area contributed by atoms with Crippen LogP contribution < -0.4 is 16.0 Å². The second kappa shape index (κ2) is 6.22. The lowest BCUT2D eigenvalue weighted by Gasteiger charge is -2.12. The van der Waals surface area contributed by atoms with Gasteiger partial charge in [0.05, 0.1) is 0 Å². The van der Waals surface area contributed by atoms with Crippen molar-refractivity contribution in [3.8, 4) is 0 Å². The fourth-order valence-electron chi connectivity index (χ4n) is 2.59. The monoisotopic (exact) mass is 312 g/mol. The zero-order valence-corrected chi connectivity index (χ0v) is 13.1. The van der Waals surface area contributed by atoms with Gasteiger partial charge in [-0.3, -0.25) is 4.79 Å². The molecule has 0 aromatic carbocycles. The Morgan fingerprint density at radius 1 is 1.45 bits per heavy atom. The van der Waals surface area contributed by atoms with Crippen molar-refractivity contribution < 1.29 is 4.79 Å². The Labute approximate surface area is 127 Å². The van der Waals surface area contributed by atoms with Gasteiger partial charge < -0.3 is 16.0 Å². The van der Waals surface area contributed by atoms with E-state index in [0.717, 1.165) is 30.5 Å². The Kier molecular flexibility index (Phi) is 4.35. The molecule has 1 aromatic rings. The highest BCUT2D eigenvalue weighted by Gasteiger charge is 2.22. The number of carbonyl (C=O) groups excluding carboxylic acids is 1. The topological polar surface area (TPSA) is 71.2 Å². The molecule has 1 amide bonds. The number of nitrogen functional groups attached to an aromatic ring is 1. The zero-order valence-electron chi connectivity index (χ0n) is 11.4. The van der Waals surface area contributed by atoms with E-state index in [9.17, 15) is 4.79 Å². The number of aromatic nitrogens is 1. The molecular weight excluding hydrogens is 292 g/mol. The summed E-state index contributed by atoms with van der Waals surface area (Å²) in [6, 6.07) is 0. The van der Waals surface area contributed by atoms with Crippen molar-refractivity contribution in [2.75, 3.05) is 41.8 Å². The van der Waals surface area contributed by atoms with Crippen LogP contribution in [0.2, 0.25) is 0 Å². The molecule has 20 heavy (non-hydrogen) atoms. The van der Waals surface area contributed by atoms with Crippen molar-refractivity contribution in [2.45, 2.75) is 19.3 Å². The quantitative estimate of drug-likeness (QED) is 0.887. The molecule has 2 aliphatic rings. The third-order valence-electron chi connectivity index (χ3n) is 3.80. The largest absolute Gasteiger partial charge is 0.382 e. The Bertz CT molecular complexity index is 479. The summed E-state index contributed by atoms with van der Waals surface area (Å²) in [5, 5.41) is 3.90. The fourth-order valence-corrected chi connectivity index (χ4v) is 4.83. The molecule has 0 saturated carbocycles. The van der Waals surface area contributed by atoms with Crippen LogP contribution in [-0.2, 0) is 0 Å². The number of hydrogen-bond acceptors (Lipinski definition) is 6. The molecule has 2 fully saturated rings. The number of rotatable bonds is 4. The Hall–Kier alpha value is -0.950. The molecule has 0 bridgehead atoms. The Morgan fingerprint density at radius 3 is 2.95 bits per heavy atom. The molecule has 2 aliphatic heterocycles. The number of amides is 1. The third-order valence-corrected chi connectivity index (χ3v) is 6.16. The normalized spacial score (nSPS) is 22.4. The van der Waals surface area contributed by atoms with Crippen molar-refractivity contribution in [2.24, 2.45) is 5.92 Å². The predicted molar refractivity (Wildman–Crippen MR) is 85.7 cm³/mol. The van der Waals surface area contributed by atoms with E-state index in [2.05, 4.69) is 15.2 Å². The lowest BCUT2D eigenvalue weighted by atomic mass is 10.1. The van der Waals surface area contributed by atoms with Gasteiger partial charge >= 0.3 is 0 Å². The summed E-state index contributed by atoms with van der Waals surface area (Å²) in [4.78, 5) is 19.3. The maximum atomic E-state index is 12.2. The molecule has 3 rings (SSSR count). The number of nitrogens with one attached hydrogen (secondary N) is 1. The van der Waals surface area contributed by atoms with E-state index in [0.29, 0.717) is 16.6 Å². The van der Waals surface area contributed by atoms with Crippen molar-refractivity contribution in [3.05, 3.63) is 4.88 Å². The minimum atomic E-state index is -0.0673. The maximum absolute atomic E-state index is 12.2. The molecule has 110 valence electrons. The third kappa shape index (κ3) is 3.03. The molecule has 0 spiro atoms. The summed E-state index contributed by atoms with van der Waals surface area (Å²) in [5.74, 6) is 3.27. The Balaban J connectivity index is 1.61. The van der Waals surface area contributed by atoms with Gasteiger partial charge in [-0.15, -0.1) is 0 Å².